The summed E-state index contributed by atoms with van der Waals surface area (Å²) in [7, 11) is 0. The Morgan fingerprint density at radius 1 is 1.23 bits per heavy atom. The minimum atomic E-state index is -2.76. The van der Waals surface area contributed by atoms with Crippen molar-refractivity contribution in [2.75, 3.05) is 0 Å². The van der Waals surface area contributed by atoms with E-state index < -0.39 is 11.5 Å². The maximum absolute atomic E-state index is 12.4. The molecule has 0 radical (unpaired) electrons. The van der Waals surface area contributed by atoms with E-state index in [0.717, 1.165) is 6.20 Å². The molecule has 0 unspecified atom stereocenters. The average Bonchev–Trinajstić information content (AvgIpc) is 3.16. The van der Waals surface area contributed by atoms with E-state index in [1.807, 2.05) is 0 Å². The van der Waals surface area contributed by atoms with Gasteiger partial charge in [0.2, 0.25) is 5.82 Å². The van der Waals surface area contributed by atoms with Gasteiger partial charge in [-0.25, -0.2) is 4.68 Å². The molecular formula is C12H7F2N5O3. The van der Waals surface area contributed by atoms with Crippen LogP contribution in [0.4, 0.5) is 14.5 Å². The second-order valence-corrected chi connectivity index (χ2v) is 4.19. The summed E-state index contributed by atoms with van der Waals surface area (Å²) in [5, 5.41) is 17.9. The van der Waals surface area contributed by atoms with Crippen LogP contribution in [0.25, 0.3) is 23.0 Å². The molecule has 3 rings (SSSR count). The minimum absolute atomic E-state index is 0.0206. The molecule has 10 heteroatoms. The van der Waals surface area contributed by atoms with Crippen molar-refractivity contribution in [3.05, 3.63) is 46.6 Å². The lowest BCUT2D eigenvalue weighted by atomic mass is 10.2. The quantitative estimate of drug-likeness (QED) is 0.542. The number of benzene rings is 1. The van der Waals surface area contributed by atoms with Gasteiger partial charge in [-0.05, 0) is 18.2 Å². The van der Waals surface area contributed by atoms with Crippen LogP contribution >= 0.6 is 0 Å². The Morgan fingerprint density at radius 2 is 1.95 bits per heavy atom. The number of hydrogen-bond donors (Lipinski definition) is 0. The van der Waals surface area contributed by atoms with Crippen LogP contribution in [0.3, 0.4) is 0 Å². The first-order valence-corrected chi connectivity index (χ1v) is 5.97. The van der Waals surface area contributed by atoms with Crippen molar-refractivity contribution in [3.8, 4) is 23.0 Å². The van der Waals surface area contributed by atoms with E-state index in [4.69, 9.17) is 4.52 Å². The average molecular weight is 307 g/mol. The lowest BCUT2D eigenvalue weighted by Crippen LogP contribution is -1.98. The lowest BCUT2D eigenvalue weighted by Gasteiger charge is -1.95. The highest BCUT2D eigenvalue weighted by atomic mass is 19.3. The van der Waals surface area contributed by atoms with Crippen LogP contribution in [-0.2, 0) is 0 Å². The molecular weight excluding hydrogens is 300 g/mol. The molecule has 0 bridgehead atoms. The SMILES string of the molecule is O=[N+]([O-])c1ccc(-c2noc(-c3ccn(C(F)F)n3)n2)cc1. The molecule has 22 heavy (non-hydrogen) atoms. The molecule has 0 aliphatic rings. The van der Waals surface area contributed by atoms with Crippen LogP contribution in [0.5, 0.6) is 0 Å². The zero-order valence-corrected chi connectivity index (χ0v) is 10.8. The fourth-order valence-corrected chi connectivity index (χ4v) is 1.74. The molecule has 0 spiro atoms. The normalized spacial score (nSPS) is 11.0. The smallest absolute Gasteiger partial charge is 0.332 e. The monoisotopic (exact) mass is 307 g/mol. The summed E-state index contributed by atoms with van der Waals surface area (Å²) >= 11 is 0. The lowest BCUT2D eigenvalue weighted by molar-refractivity contribution is -0.384. The first-order valence-electron chi connectivity index (χ1n) is 5.97. The second kappa shape index (κ2) is 5.31. The molecule has 0 aliphatic carbocycles. The van der Waals surface area contributed by atoms with Gasteiger partial charge in [-0.3, -0.25) is 10.1 Å². The molecule has 0 saturated carbocycles. The van der Waals surface area contributed by atoms with Gasteiger partial charge < -0.3 is 4.52 Å². The molecule has 2 heterocycles. The topological polar surface area (TPSA) is 99.9 Å². The van der Waals surface area contributed by atoms with E-state index in [0.29, 0.717) is 10.2 Å². The number of halogens is 2. The predicted molar refractivity (Wildman–Crippen MR) is 68.9 cm³/mol. The molecule has 2 aromatic heterocycles. The third-order valence-electron chi connectivity index (χ3n) is 2.79. The van der Waals surface area contributed by atoms with Gasteiger partial charge in [-0.15, -0.1) is 0 Å². The molecule has 0 amide bonds. The summed E-state index contributed by atoms with van der Waals surface area (Å²) in [6.07, 6.45) is 1.09. The molecule has 0 saturated heterocycles. The number of nitro benzene ring substituents is 1. The number of hydrogen-bond acceptors (Lipinski definition) is 6. The summed E-state index contributed by atoms with van der Waals surface area (Å²) in [6.45, 7) is -2.76. The zero-order chi connectivity index (χ0) is 15.7. The Bertz CT molecular complexity index is 812. The van der Waals surface area contributed by atoms with Gasteiger partial charge in [0.25, 0.3) is 11.6 Å². The maximum atomic E-state index is 12.4. The summed E-state index contributed by atoms with van der Waals surface area (Å²) in [5.41, 5.74) is 0.540. The third-order valence-corrected chi connectivity index (χ3v) is 2.79. The van der Waals surface area contributed by atoms with Crippen molar-refractivity contribution in [1.29, 1.82) is 0 Å². The van der Waals surface area contributed by atoms with Gasteiger partial charge in [0.15, 0.2) is 5.69 Å². The highest BCUT2D eigenvalue weighted by Crippen LogP contribution is 2.23. The van der Waals surface area contributed by atoms with E-state index in [1.165, 1.54) is 30.3 Å². The third kappa shape index (κ3) is 2.53. The van der Waals surface area contributed by atoms with Crippen molar-refractivity contribution in [2.45, 2.75) is 6.55 Å². The fourth-order valence-electron chi connectivity index (χ4n) is 1.74. The Kier molecular flexibility index (Phi) is 3.33. The number of nitro groups is 1. The standard InChI is InChI=1S/C12H7F2N5O3/c13-12(14)18-6-5-9(16-18)11-15-10(17-22-11)7-1-3-8(4-2-7)19(20)21/h1-6,12H. The predicted octanol–water partition coefficient (Wildman–Crippen LogP) is 2.90. The molecule has 0 aliphatic heterocycles. The van der Waals surface area contributed by atoms with Crippen molar-refractivity contribution in [1.82, 2.24) is 19.9 Å². The van der Waals surface area contributed by atoms with Gasteiger partial charge in [0, 0.05) is 23.9 Å². The largest absolute Gasteiger partial charge is 0.333 e. The Hall–Kier alpha value is -3.17. The molecule has 1 aromatic carbocycles. The maximum Gasteiger partial charge on any atom is 0.333 e. The van der Waals surface area contributed by atoms with E-state index in [-0.39, 0.29) is 23.1 Å². The van der Waals surface area contributed by atoms with Gasteiger partial charge >= 0.3 is 6.55 Å². The molecule has 8 nitrogen and oxygen atoms in total. The number of rotatable bonds is 4. The van der Waals surface area contributed by atoms with Crippen LogP contribution < -0.4 is 0 Å². The van der Waals surface area contributed by atoms with Gasteiger partial charge in [0.1, 0.15) is 0 Å². The first kappa shape index (κ1) is 13.8. The Morgan fingerprint density at radius 3 is 2.55 bits per heavy atom. The van der Waals surface area contributed by atoms with Gasteiger partial charge in [0.05, 0.1) is 4.92 Å². The van der Waals surface area contributed by atoms with Crippen LogP contribution in [0.1, 0.15) is 6.55 Å². The van der Waals surface area contributed by atoms with E-state index >= 15 is 0 Å². The van der Waals surface area contributed by atoms with Crippen molar-refractivity contribution in [2.24, 2.45) is 0 Å². The summed E-state index contributed by atoms with van der Waals surface area (Å²) < 4.78 is 30.3. The first-order chi connectivity index (χ1) is 10.5. The number of nitrogens with zero attached hydrogens (tertiary/aromatic N) is 5. The van der Waals surface area contributed by atoms with E-state index in [2.05, 4.69) is 15.2 Å². The van der Waals surface area contributed by atoms with E-state index in [9.17, 15) is 18.9 Å². The van der Waals surface area contributed by atoms with Crippen LogP contribution in [0.15, 0.2) is 41.1 Å². The molecule has 0 fully saturated rings. The van der Waals surface area contributed by atoms with Crippen molar-refractivity contribution in [3.63, 3.8) is 0 Å². The highest BCUT2D eigenvalue weighted by molar-refractivity contribution is 5.59. The highest BCUT2D eigenvalue weighted by Gasteiger charge is 2.16. The zero-order valence-electron chi connectivity index (χ0n) is 10.8. The summed E-state index contributed by atoms with van der Waals surface area (Å²) in [5.74, 6) is 0.157. The van der Waals surface area contributed by atoms with Crippen molar-refractivity contribution >= 4 is 5.69 Å². The molecule has 112 valence electrons. The number of aromatic nitrogens is 4. The molecule has 0 N–H and O–H groups in total. The number of non-ortho nitro benzene ring substituents is 1. The summed E-state index contributed by atoms with van der Waals surface area (Å²) in [6, 6.07) is 6.85. The minimum Gasteiger partial charge on any atom is -0.332 e. The van der Waals surface area contributed by atoms with Crippen LogP contribution in [0.2, 0.25) is 0 Å². The van der Waals surface area contributed by atoms with Crippen molar-refractivity contribution < 1.29 is 18.2 Å². The molecule has 3 aromatic rings. The van der Waals surface area contributed by atoms with Gasteiger partial charge in [-0.2, -0.15) is 18.9 Å². The van der Waals surface area contributed by atoms with E-state index in [1.54, 1.807) is 0 Å². The summed E-state index contributed by atoms with van der Waals surface area (Å²) in [4.78, 5) is 14.1. The Labute approximate surface area is 121 Å². The second-order valence-electron chi connectivity index (χ2n) is 4.19. The van der Waals surface area contributed by atoms with Gasteiger partial charge in [-0.1, -0.05) is 5.16 Å². The fraction of sp³-hybridized carbons (Fsp3) is 0.0833. The Balaban J connectivity index is 1.88. The van der Waals surface area contributed by atoms with Crippen LogP contribution in [-0.4, -0.2) is 24.8 Å². The van der Waals surface area contributed by atoms with Crippen LogP contribution in [0, 0.1) is 10.1 Å². The molecule has 0 atom stereocenters. The number of alkyl halides is 2.